The predicted molar refractivity (Wildman–Crippen MR) is 63.5 cm³/mol. The topological polar surface area (TPSA) is 63.1 Å². The fraction of sp³-hybridized carbons (Fsp3) is 0.154. The molecule has 0 aliphatic heterocycles. The number of hydrogen-bond acceptors (Lipinski definition) is 3. The highest BCUT2D eigenvalue weighted by Gasteiger charge is 2.08. The maximum absolute atomic E-state index is 10.6. The molecule has 17 heavy (non-hydrogen) atoms. The van der Waals surface area contributed by atoms with Gasteiger partial charge in [0.05, 0.1) is 5.69 Å². The molecule has 0 unspecified atom stereocenters. The van der Waals surface area contributed by atoms with Crippen molar-refractivity contribution in [2.75, 3.05) is 0 Å². The van der Waals surface area contributed by atoms with Crippen LogP contribution in [0.25, 0.3) is 11.3 Å². The van der Waals surface area contributed by atoms with Gasteiger partial charge in [-0.05, 0) is 12.5 Å². The number of hydrogen-bond donors (Lipinski definition) is 1. The Balaban J connectivity index is 2.43. The van der Waals surface area contributed by atoms with Crippen LogP contribution in [0.4, 0.5) is 0 Å². The van der Waals surface area contributed by atoms with E-state index in [9.17, 15) is 4.79 Å². The summed E-state index contributed by atoms with van der Waals surface area (Å²) in [5.41, 5.74) is 2.70. The number of rotatable bonds is 3. The Bertz CT molecular complexity index is 538. The molecule has 4 heteroatoms. The van der Waals surface area contributed by atoms with E-state index in [1.807, 2.05) is 37.3 Å². The van der Waals surface area contributed by atoms with Gasteiger partial charge in [0.25, 0.3) is 0 Å². The summed E-state index contributed by atoms with van der Waals surface area (Å²) >= 11 is 0. The molecular weight excluding hydrogens is 216 g/mol. The van der Waals surface area contributed by atoms with Gasteiger partial charge >= 0.3 is 5.97 Å². The first-order valence-electron chi connectivity index (χ1n) is 5.26. The van der Waals surface area contributed by atoms with Crippen LogP contribution >= 0.6 is 0 Å². The molecule has 2 rings (SSSR count). The molecule has 0 atom stereocenters. The molecule has 0 aliphatic carbocycles. The molecule has 0 amide bonds. The van der Waals surface area contributed by atoms with Crippen molar-refractivity contribution in [3.8, 4) is 11.3 Å². The fourth-order valence-corrected chi connectivity index (χ4v) is 1.59. The molecule has 0 radical (unpaired) electrons. The van der Waals surface area contributed by atoms with Crippen molar-refractivity contribution in [1.29, 1.82) is 0 Å². The van der Waals surface area contributed by atoms with Crippen LogP contribution in [-0.4, -0.2) is 21.0 Å². The van der Waals surface area contributed by atoms with Crippen LogP contribution in [0.1, 0.15) is 11.4 Å². The van der Waals surface area contributed by atoms with E-state index in [1.54, 1.807) is 6.20 Å². The molecule has 0 fully saturated rings. The van der Waals surface area contributed by atoms with Crippen LogP contribution in [0.2, 0.25) is 0 Å². The number of aliphatic carboxylic acids is 1. The van der Waals surface area contributed by atoms with Crippen LogP contribution in [0.5, 0.6) is 0 Å². The van der Waals surface area contributed by atoms with Crippen molar-refractivity contribution in [3.05, 3.63) is 47.9 Å². The van der Waals surface area contributed by atoms with Crippen LogP contribution in [0.3, 0.4) is 0 Å². The van der Waals surface area contributed by atoms with Crippen molar-refractivity contribution in [2.24, 2.45) is 0 Å². The van der Waals surface area contributed by atoms with E-state index in [0.717, 1.165) is 16.8 Å². The monoisotopic (exact) mass is 228 g/mol. The molecule has 0 saturated heterocycles. The van der Waals surface area contributed by atoms with Crippen LogP contribution in [0, 0.1) is 6.92 Å². The zero-order valence-corrected chi connectivity index (χ0v) is 9.42. The van der Waals surface area contributed by atoms with E-state index in [-0.39, 0.29) is 6.42 Å². The van der Waals surface area contributed by atoms with E-state index in [0.29, 0.717) is 5.82 Å². The minimum absolute atomic E-state index is 0.153. The summed E-state index contributed by atoms with van der Waals surface area (Å²) in [5.74, 6) is -0.588. The highest BCUT2D eigenvalue weighted by atomic mass is 16.4. The third kappa shape index (κ3) is 2.66. The largest absolute Gasteiger partial charge is 0.481 e. The van der Waals surface area contributed by atoms with Crippen molar-refractivity contribution in [1.82, 2.24) is 9.97 Å². The van der Waals surface area contributed by atoms with Gasteiger partial charge in [0.2, 0.25) is 0 Å². The number of carboxylic acids is 1. The standard InChI is InChI=1S/C13H12N2O2/c1-9-8-14-11(7-12(16)17)15-13(9)10-5-3-2-4-6-10/h2-6,8H,7H2,1H3,(H,16,17). The molecular formula is C13H12N2O2. The van der Waals surface area contributed by atoms with Gasteiger partial charge in [-0.2, -0.15) is 0 Å². The van der Waals surface area contributed by atoms with Crippen molar-refractivity contribution in [2.45, 2.75) is 13.3 Å². The number of benzene rings is 1. The van der Waals surface area contributed by atoms with Crippen LogP contribution < -0.4 is 0 Å². The molecule has 4 nitrogen and oxygen atoms in total. The van der Waals surface area contributed by atoms with Gasteiger partial charge in [0.1, 0.15) is 12.2 Å². The van der Waals surface area contributed by atoms with Crippen LogP contribution in [-0.2, 0) is 11.2 Å². The van der Waals surface area contributed by atoms with Gasteiger partial charge in [-0.25, -0.2) is 9.97 Å². The lowest BCUT2D eigenvalue weighted by Gasteiger charge is -2.06. The third-order valence-corrected chi connectivity index (χ3v) is 2.38. The van der Waals surface area contributed by atoms with Gasteiger partial charge in [-0.3, -0.25) is 4.79 Å². The molecule has 0 bridgehead atoms. The number of carboxylic acid groups (broad SMARTS) is 1. The molecule has 86 valence electrons. The smallest absolute Gasteiger partial charge is 0.311 e. The molecule has 1 aromatic carbocycles. The molecule has 1 N–H and O–H groups in total. The summed E-state index contributed by atoms with van der Waals surface area (Å²) in [4.78, 5) is 18.9. The maximum atomic E-state index is 10.6. The molecule has 2 aromatic rings. The first kappa shape index (κ1) is 11.3. The zero-order chi connectivity index (χ0) is 12.3. The Labute approximate surface area is 99.0 Å². The Kier molecular flexibility index (Phi) is 3.14. The molecule has 1 aromatic heterocycles. The minimum Gasteiger partial charge on any atom is -0.481 e. The van der Waals surface area contributed by atoms with Gasteiger partial charge < -0.3 is 5.11 Å². The van der Waals surface area contributed by atoms with E-state index >= 15 is 0 Å². The number of carbonyl (C=O) groups is 1. The maximum Gasteiger partial charge on any atom is 0.311 e. The van der Waals surface area contributed by atoms with Crippen molar-refractivity contribution >= 4 is 5.97 Å². The lowest BCUT2D eigenvalue weighted by molar-refractivity contribution is -0.136. The van der Waals surface area contributed by atoms with E-state index in [1.165, 1.54) is 0 Å². The summed E-state index contributed by atoms with van der Waals surface area (Å²) in [6, 6.07) is 9.67. The highest BCUT2D eigenvalue weighted by molar-refractivity contribution is 5.69. The second-order valence-electron chi connectivity index (χ2n) is 3.75. The lowest BCUT2D eigenvalue weighted by atomic mass is 10.1. The summed E-state index contributed by atoms with van der Waals surface area (Å²) in [6.07, 6.45) is 1.51. The van der Waals surface area contributed by atoms with Gasteiger partial charge in [0.15, 0.2) is 0 Å². The van der Waals surface area contributed by atoms with Crippen LogP contribution in [0.15, 0.2) is 36.5 Å². The summed E-state index contributed by atoms with van der Waals surface area (Å²) in [7, 11) is 0. The number of nitrogens with zero attached hydrogens (tertiary/aromatic N) is 2. The van der Waals surface area contributed by atoms with E-state index < -0.39 is 5.97 Å². The molecule has 0 saturated carbocycles. The Morgan fingerprint density at radius 1 is 1.29 bits per heavy atom. The fourth-order valence-electron chi connectivity index (χ4n) is 1.59. The van der Waals surface area contributed by atoms with E-state index in [2.05, 4.69) is 9.97 Å². The second kappa shape index (κ2) is 4.74. The molecule has 0 spiro atoms. The van der Waals surface area contributed by atoms with Crippen molar-refractivity contribution < 1.29 is 9.90 Å². The zero-order valence-electron chi connectivity index (χ0n) is 9.42. The predicted octanol–water partition coefficient (Wildman–Crippen LogP) is 2.08. The Morgan fingerprint density at radius 2 is 2.00 bits per heavy atom. The Morgan fingerprint density at radius 3 is 2.65 bits per heavy atom. The van der Waals surface area contributed by atoms with Gasteiger partial charge in [-0.15, -0.1) is 0 Å². The average molecular weight is 228 g/mol. The first-order chi connectivity index (χ1) is 8.16. The normalized spacial score (nSPS) is 10.2. The highest BCUT2D eigenvalue weighted by Crippen LogP contribution is 2.19. The Hall–Kier alpha value is -2.23. The van der Waals surface area contributed by atoms with E-state index in [4.69, 9.17) is 5.11 Å². The van der Waals surface area contributed by atoms with Gasteiger partial charge in [-0.1, -0.05) is 30.3 Å². The molecule has 0 aliphatic rings. The van der Waals surface area contributed by atoms with Crippen molar-refractivity contribution in [3.63, 3.8) is 0 Å². The average Bonchev–Trinajstić information content (AvgIpc) is 2.32. The number of aryl methyl sites for hydroxylation is 1. The summed E-state index contributed by atoms with van der Waals surface area (Å²) in [6.45, 7) is 1.91. The SMILES string of the molecule is Cc1cnc(CC(=O)O)nc1-c1ccccc1. The minimum atomic E-state index is -0.923. The summed E-state index contributed by atoms with van der Waals surface area (Å²) < 4.78 is 0. The lowest BCUT2D eigenvalue weighted by Crippen LogP contribution is -2.06. The second-order valence-corrected chi connectivity index (χ2v) is 3.75. The van der Waals surface area contributed by atoms with Gasteiger partial charge in [0, 0.05) is 11.8 Å². The third-order valence-electron chi connectivity index (χ3n) is 2.38. The summed E-state index contributed by atoms with van der Waals surface area (Å²) in [5, 5.41) is 8.72. The molecule has 1 heterocycles. The first-order valence-corrected chi connectivity index (χ1v) is 5.26. The number of aromatic nitrogens is 2. The quantitative estimate of drug-likeness (QED) is 0.873.